The zero-order valence-corrected chi connectivity index (χ0v) is 13.2. The smallest absolute Gasteiger partial charge is 0.314 e. The van der Waals surface area contributed by atoms with Gasteiger partial charge in [0, 0.05) is 19.1 Å². The Kier molecular flexibility index (Phi) is 6.05. The molecule has 116 valence electrons. The SMILES string of the molecule is CCN1CCCC1CNC(=O)NCCc1ccccc1C. The summed E-state index contributed by atoms with van der Waals surface area (Å²) in [4.78, 5) is 14.3. The van der Waals surface area contributed by atoms with E-state index >= 15 is 0 Å². The van der Waals surface area contributed by atoms with Gasteiger partial charge in [0.15, 0.2) is 0 Å². The first-order valence-electron chi connectivity index (χ1n) is 8.01. The lowest BCUT2D eigenvalue weighted by Crippen LogP contribution is -2.44. The summed E-state index contributed by atoms with van der Waals surface area (Å²) < 4.78 is 0. The molecule has 2 rings (SSSR count). The number of nitrogens with one attached hydrogen (secondary N) is 2. The Hall–Kier alpha value is -1.55. The average molecular weight is 289 g/mol. The Labute approximate surface area is 127 Å². The predicted octanol–water partition coefficient (Wildman–Crippen LogP) is 2.32. The number of amides is 2. The van der Waals surface area contributed by atoms with Crippen LogP contribution in [0.15, 0.2) is 24.3 Å². The number of hydrogen-bond donors (Lipinski definition) is 2. The van der Waals surface area contributed by atoms with Gasteiger partial charge >= 0.3 is 6.03 Å². The summed E-state index contributed by atoms with van der Waals surface area (Å²) in [6.07, 6.45) is 3.32. The van der Waals surface area contributed by atoms with E-state index in [1.54, 1.807) is 0 Å². The van der Waals surface area contributed by atoms with E-state index in [0.717, 1.165) is 26.1 Å². The number of hydrogen-bond acceptors (Lipinski definition) is 2. The average Bonchev–Trinajstić information content (AvgIpc) is 2.94. The molecular weight excluding hydrogens is 262 g/mol. The predicted molar refractivity (Wildman–Crippen MR) is 86.6 cm³/mol. The molecule has 0 spiro atoms. The van der Waals surface area contributed by atoms with Crippen molar-refractivity contribution in [2.45, 2.75) is 39.2 Å². The summed E-state index contributed by atoms with van der Waals surface area (Å²) >= 11 is 0. The molecule has 0 radical (unpaired) electrons. The lowest BCUT2D eigenvalue weighted by Gasteiger charge is -2.22. The number of rotatable bonds is 6. The number of nitrogens with zero attached hydrogens (tertiary/aromatic N) is 1. The largest absolute Gasteiger partial charge is 0.338 e. The highest BCUT2D eigenvalue weighted by Crippen LogP contribution is 2.15. The molecule has 1 aliphatic rings. The minimum absolute atomic E-state index is 0.0495. The molecule has 1 saturated heterocycles. The summed E-state index contributed by atoms with van der Waals surface area (Å²) in [5.74, 6) is 0. The molecule has 1 aromatic rings. The van der Waals surface area contributed by atoms with Crippen molar-refractivity contribution in [1.29, 1.82) is 0 Å². The molecule has 2 amide bonds. The molecule has 0 saturated carbocycles. The van der Waals surface area contributed by atoms with Crippen LogP contribution in [0, 0.1) is 6.92 Å². The molecule has 4 nitrogen and oxygen atoms in total. The van der Waals surface area contributed by atoms with Gasteiger partial charge in [-0.3, -0.25) is 4.90 Å². The second kappa shape index (κ2) is 8.03. The van der Waals surface area contributed by atoms with Crippen LogP contribution < -0.4 is 10.6 Å². The molecule has 0 aromatic heterocycles. The molecule has 0 aliphatic carbocycles. The first kappa shape index (κ1) is 15.8. The summed E-state index contributed by atoms with van der Waals surface area (Å²) in [7, 11) is 0. The van der Waals surface area contributed by atoms with E-state index in [0.29, 0.717) is 12.6 Å². The minimum Gasteiger partial charge on any atom is -0.338 e. The maximum atomic E-state index is 11.8. The third-order valence-corrected chi connectivity index (χ3v) is 4.34. The maximum absolute atomic E-state index is 11.8. The van der Waals surface area contributed by atoms with Gasteiger partial charge in [0.25, 0.3) is 0 Å². The highest BCUT2D eigenvalue weighted by molar-refractivity contribution is 5.73. The van der Waals surface area contributed by atoms with Crippen molar-refractivity contribution in [2.24, 2.45) is 0 Å². The summed E-state index contributed by atoms with van der Waals surface area (Å²) in [6.45, 7) is 7.96. The van der Waals surface area contributed by atoms with Crippen LogP contribution in [-0.4, -0.2) is 43.2 Å². The number of likely N-dealkylation sites (N-methyl/N-ethyl adjacent to an activating group) is 1. The minimum atomic E-state index is -0.0495. The van der Waals surface area contributed by atoms with E-state index in [2.05, 4.69) is 41.5 Å². The number of likely N-dealkylation sites (tertiary alicyclic amines) is 1. The Bertz CT molecular complexity index is 461. The van der Waals surface area contributed by atoms with Gasteiger partial charge in [-0.15, -0.1) is 0 Å². The van der Waals surface area contributed by atoms with Crippen molar-refractivity contribution >= 4 is 6.03 Å². The van der Waals surface area contributed by atoms with Gasteiger partial charge in [0.2, 0.25) is 0 Å². The lowest BCUT2D eigenvalue weighted by atomic mass is 10.1. The summed E-state index contributed by atoms with van der Waals surface area (Å²) in [6, 6.07) is 8.77. The van der Waals surface area contributed by atoms with Crippen molar-refractivity contribution in [1.82, 2.24) is 15.5 Å². The topological polar surface area (TPSA) is 44.4 Å². The van der Waals surface area contributed by atoms with Crippen LogP contribution in [0.4, 0.5) is 4.79 Å². The molecule has 1 aliphatic heterocycles. The van der Waals surface area contributed by atoms with Crippen molar-refractivity contribution in [3.8, 4) is 0 Å². The highest BCUT2D eigenvalue weighted by atomic mass is 16.2. The van der Waals surface area contributed by atoms with Gasteiger partial charge in [-0.2, -0.15) is 0 Å². The van der Waals surface area contributed by atoms with Crippen LogP contribution in [0.25, 0.3) is 0 Å². The molecule has 4 heteroatoms. The monoisotopic (exact) mass is 289 g/mol. The molecule has 1 atom stereocenters. The van der Waals surface area contributed by atoms with Gasteiger partial charge in [0.1, 0.15) is 0 Å². The molecule has 1 heterocycles. The van der Waals surface area contributed by atoms with E-state index in [1.807, 2.05) is 12.1 Å². The zero-order chi connectivity index (χ0) is 15.1. The molecule has 0 bridgehead atoms. The Morgan fingerprint density at radius 3 is 2.90 bits per heavy atom. The standard InChI is InChI=1S/C17H27N3O/c1-3-20-12-6-9-16(20)13-19-17(21)18-11-10-15-8-5-4-7-14(15)2/h4-5,7-8,16H,3,6,9-13H2,1-2H3,(H2,18,19,21). The second-order valence-electron chi connectivity index (χ2n) is 5.74. The Balaban J connectivity index is 1.65. The molecule has 2 N–H and O–H groups in total. The molecule has 1 aromatic carbocycles. The first-order valence-corrected chi connectivity index (χ1v) is 8.01. The van der Waals surface area contributed by atoms with Crippen LogP contribution in [0.1, 0.15) is 30.9 Å². The summed E-state index contributed by atoms with van der Waals surface area (Å²) in [5.41, 5.74) is 2.58. The van der Waals surface area contributed by atoms with Crippen LogP contribution in [0.2, 0.25) is 0 Å². The lowest BCUT2D eigenvalue weighted by molar-refractivity contribution is 0.229. The van der Waals surface area contributed by atoms with Crippen LogP contribution >= 0.6 is 0 Å². The summed E-state index contributed by atoms with van der Waals surface area (Å²) in [5, 5.41) is 5.94. The van der Waals surface area contributed by atoms with Crippen LogP contribution in [0.3, 0.4) is 0 Å². The third-order valence-electron chi connectivity index (χ3n) is 4.34. The molecule has 21 heavy (non-hydrogen) atoms. The van der Waals surface area contributed by atoms with Gasteiger partial charge < -0.3 is 10.6 Å². The van der Waals surface area contributed by atoms with E-state index in [9.17, 15) is 4.79 Å². The molecule has 1 unspecified atom stereocenters. The Morgan fingerprint density at radius 1 is 1.33 bits per heavy atom. The third kappa shape index (κ3) is 4.74. The van der Waals surface area contributed by atoms with Crippen molar-refractivity contribution in [3.63, 3.8) is 0 Å². The number of aryl methyl sites for hydroxylation is 1. The zero-order valence-electron chi connectivity index (χ0n) is 13.2. The normalized spacial score (nSPS) is 18.7. The quantitative estimate of drug-likeness (QED) is 0.844. The van der Waals surface area contributed by atoms with Crippen LogP contribution in [-0.2, 0) is 6.42 Å². The fourth-order valence-corrected chi connectivity index (χ4v) is 3.02. The van der Waals surface area contributed by atoms with Crippen LogP contribution in [0.5, 0.6) is 0 Å². The van der Waals surface area contributed by atoms with Gasteiger partial charge in [-0.25, -0.2) is 4.79 Å². The fourth-order valence-electron chi connectivity index (χ4n) is 3.02. The maximum Gasteiger partial charge on any atom is 0.314 e. The van der Waals surface area contributed by atoms with Crippen molar-refractivity contribution in [3.05, 3.63) is 35.4 Å². The molecule has 1 fully saturated rings. The van der Waals surface area contributed by atoms with E-state index in [1.165, 1.54) is 24.0 Å². The van der Waals surface area contributed by atoms with E-state index < -0.39 is 0 Å². The van der Waals surface area contributed by atoms with Crippen molar-refractivity contribution in [2.75, 3.05) is 26.2 Å². The van der Waals surface area contributed by atoms with E-state index in [4.69, 9.17) is 0 Å². The number of urea groups is 1. The van der Waals surface area contributed by atoms with Gasteiger partial charge in [0.05, 0.1) is 0 Å². The van der Waals surface area contributed by atoms with Gasteiger partial charge in [-0.05, 0) is 50.4 Å². The van der Waals surface area contributed by atoms with E-state index in [-0.39, 0.29) is 6.03 Å². The first-order chi connectivity index (χ1) is 10.2. The molecular formula is C17H27N3O. The van der Waals surface area contributed by atoms with Crippen molar-refractivity contribution < 1.29 is 4.79 Å². The number of benzene rings is 1. The number of carbonyl (C=O) groups is 1. The Morgan fingerprint density at radius 2 is 2.14 bits per heavy atom. The fraction of sp³-hybridized carbons (Fsp3) is 0.588. The number of carbonyl (C=O) groups excluding carboxylic acids is 1. The second-order valence-corrected chi connectivity index (χ2v) is 5.74. The van der Waals surface area contributed by atoms with Gasteiger partial charge in [-0.1, -0.05) is 31.2 Å². The highest BCUT2D eigenvalue weighted by Gasteiger charge is 2.22.